The molecule has 1 saturated carbocycles. The molecule has 0 N–H and O–H groups in total. The molecule has 1 aromatic heterocycles. The zero-order chi connectivity index (χ0) is 10.5. The molecule has 0 radical (unpaired) electrons. The normalized spacial score (nSPS) is 26.2. The van der Waals surface area contributed by atoms with Gasteiger partial charge in [0, 0.05) is 14.2 Å². The van der Waals surface area contributed by atoms with Crippen LogP contribution in [0.2, 0.25) is 0 Å². The molecule has 1 fully saturated rings. The number of hydrogen-bond acceptors (Lipinski definition) is 1. The van der Waals surface area contributed by atoms with Crippen LogP contribution in [0.5, 0.6) is 0 Å². The van der Waals surface area contributed by atoms with Crippen molar-refractivity contribution in [2.45, 2.75) is 32.0 Å². The summed E-state index contributed by atoms with van der Waals surface area (Å²) in [7, 11) is 0. The maximum atomic E-state index is 3.83. The molecule has 1 heterocycles. The molecule has 78 valence electrons. The summed E-state index contributed by atoms with van der Waals surface area (Å²) >= 11 is 9.36. The summed E-state index contributed by atoms with van der Waals surface area (Å²) in [6, 6.07) is 2.21. The third-order valence-electron chi connectivity index (χ3n) is 3.03. The maximum Gasteiger partial charge on any atom is 0.0534 e. The first-order valence-electron chi connectivity index (χ1n) is 4.82. The smallest absolute Gasteiger partial charge is 0.0534 e. The molecule has 3 heteroatoms. The van der Waals surface area contributed by atoms with Crippen LogP contribution in [-0.4, -0.2) is 0 Å². The van der Waals surface area contributed by atoms with E-state index in [0.29, 0.717) is 10.2 Å². The number of aryl methyl sites for hydroxylation is 1. The first kappa shape index (κ1) is 11.2. The molecular weight excluding hydrogens is 324 g/mol. The topological polar surface area (TPSA) is 0 Å². The molecule has 0 nitrogen and oxygen atoms in total. The van der Waals surface area contributed by atoms with Crippen molar-refractivity contribution < 1.29 is 0 Å². The van der Waals surface area contributed by atoms with Gasteiger partial charge in [-0.25, -0.2) is 0 Å². The van der Waals surface area contributed by atoms with E-state index in [-0.39, 0.29) is 0 Å². The van der Waals surface area contributed by atoms with Gasteiger partial charge in [0.05, 0.1) is 4.83 Å². The van der Waals surface area contributed by atoms with Crippen molar-refractivity contribution in [2.75, 3.05) is 0 Å². The van der Waals surface area contributed by atoms with Gasteiger partial charge in [0.1, 0.15) is 0 Å². The van der Waals surface area contributed by atoms with Crippen LogP contribution in [0.3, 0.4) is 0 Å². The van der Waals surface area contributed by atoms with Crippen molar-refractivity contribution in [1.82, 2.24) is 0 Å². The maximum absolute atomic E-state index is 3.83. The van der Waals surface area contributed by atoms with Gasteiger partial charge in [-0.05, 0) is 46.7 Å². The highest BCUT2D eigenvalue weighted by Gasteiger charge is 2.50. The largest absolute Gasteiger partial charge is 0.143 e. The van der Waals surface area contributed by atoms with E-state index in [1.807, 2.05) is 11.3 Å². The third-order valence-corrected chi connectivity index (χ3v) is 6.48. The molecule has 2 unspecified atom stereocenters. The summed E-state index contributed by atoms with van der Waals surface area (Å²) in [5.74, 6) is 0.803. The molecule has 0 aliphatic heterocycles. The van der Waals surface area contributed by atoms with Crippen LogP contribution < -0.4 is 0 Å². The molecule has 1 aliphatic rings. The average molecular weight is 338 g/mol. The van der Waals surface area contributed by atoms with Crippen molar-refractivity contribution in [2.24, 2.45) is 11.3 Å². The fourth-order valence-electron chi connectivity index (χ4n) is 1.88. The Hall–Kier alpha value is 0.660. The monoisotopic (exact) mass is 336 g/mol. The summed E-state index contributed by atoms with van der Waals surface area (Å²) in [4.78, 5) is 3.37. The summed E-state index contributed by atoms with van der Waals surface area (Å²) < 4.78 is 1.27. The Morgan fingerprint density at radius 1 is 1.57 bits per heavy atom. The predicted octanol–water partition coefficient (Wildman–Crippen LogP) is 5.30. The van der Waals surface area contributed by atoms with Gasteiger partial charge in [-0.3, -0.25) is 0 Å². The summed E-state index contributed by atoms with van der Waals surface area (Å²) in [5, 5.41) is 0. The van der Waals surface area contributed by atoms with Crippen molar-refractivity contribution in [1.29, 1.82) is 0 Å². The van der Waals surface area contributed by atoms with Crippen LogP contribution in [-0.2, 0) is 0 Å². The highest BCUT2D eigenvalue weighted by atomic mass is 79.9. The second kappa shape index (κ2) is 3.60. The Morgan fingerprint density at radius 3 is 2.50 bits per heavy atom. The van der Waals surface area contributed by atoms with Crippen LogP contribution in [0.1, 0.15) is 34.8 Å². The van der Waals surface area contributed by atoms with Crippen LogP contribution >= 0.6 is 43.2 Å². The van der Waals surface area contributed by atoms with E-state index in [1.54, 1.807) is 0 Å². The first-order chi connectivity index (χ1) is 6.42. The van der Waals surface area contributed by atoms with Crippen LogP contribution in [0.15, 0.2) is 10.5 Å². The molecule has 1 aromatic rings. The van der Waals surface area contributed by atoms with Crippen molar-refractivity contribution in [3.63, 3.8) is 0 Å². The second-order valence-electron chi connectivity index (χ2n) is 4.77. The lowest BCUT2D eigenvalue weighted by atomic mass is 10.1. The van der Waals surface area contributed by atoms with E-state index in [2.05, 4.69) is 58.7 Å². The highest BCUT2D eigenvalue weighted by molar-refractivity contribution is 9.11. The van der Waals surface area contributed by atoms with Crippen molar-refractivity contribution >= 4 is 43.2 Å². The molecule has 2 rings (SSSR count). The predicted molar refractivity (Wildman–Crippen MR) is 70.3 cm³/mol. The Labute approximate surface area is 106 Å². The van der Waals surface area contributed by atoms with E-state index >= 15 is 0 Å². The molecule has 1 aliphatic carbocycles. The zero-order valence-corrected chi connectivity index (χ0v) is 12.6. The third kappa shape index (κ3) is 1.96. The average Bonchev–Trinajstić information content (AvgIpc) is 2.55. The lowest BCUT2D eigenvalue weighted by Gasteiger charge is -2.10. The molecule has 0 amide bonds. The summed E-state index contributed by atoms with van der Waals surface area (Å²) in [5.41, 5.74) is 0.533. The van der Waals surface area contributed by atoms with Gasteiger partial charge in [-0.15, -0.1) is 11.3 Å². The van der Waals surface area contributed by atoms with Gasteiger partial charge < -0.3 is 0 Å². The fraction of sp³-hybridized carbons (Fsp3) is 0.636. The van der Waals surface area contributed by atoms with Gasteiger partial charge >= 0.3 is 0 Å². The Balaban J connectivity index is 2.20. The van der Waals surface area contributed by atoms with E-state index in [0.717, 1.165) is 5.92 Å². The summed E-state index contributed by atoms with van der Waals surface area (Å²) in [6.07, 6.45) is 1.34. The number of hydrogen-bond donors (Lipinski definition) is 0. The Bertz CT molecular complexity index is 354. The quantitative estimate of drug-likeness (QED) is 0.642. The van der Waals surface area contributed by atoms with E-state index in [4.69, 9.17) is 0 Å². The molecule has 0 saturated heterocycles. The van der Waals surface area contributed by atoms with Crippen molar-refractivity contribution in [3.05, 3.63) is 20.3 Å². The fourth-order valence-corrected chi connectivity index (χ4v) is 5.56. The Morgan fingerprint density at radius 2 is 2.14 bits per heavy atom. The standard InChI is InChI=1S/C11H14Br2S/c1-6-4-8(12)10(14-6)9(13)7-5-11(7,2)3/h4,7,9H,5H2,1-3H3. The van der Waals surface area contributed by atoms with Gasteiger partial charge in [0.2, 0.25) is 0 Å². The number of rotatable bonds is 2. The van der Waals surface area contributed by atoms with Crippen LogP contribution in [0, 0.1) is 18.3 Å². The molecule has 0 spiro atoms. The van der Waals surface area contributed by atoms with Gasteiger partial charge in [-0.1, -0.05) is 29.8 Å². The summed E-state index contributed by atoms with van der Waals surface area (Å²) in [6.45, 7) is 6.86. The molecule has 0 bridgehead atoms. The first-order valence-corrected chi connectivity index (χ1v) is 7.34. The van der Waals surface area contributed by atoms with Gasteiger partial charge in [-0.2, -0.15) is 0 Å². The van der Waals surface area contributed by atoms with Crippen LogP contribution in [0.4, 0.5) is 0 Å². The van der Waals surface area contributed by atoms with E-state index in [1.165, 1.54) is 20.6 Å². The van der Waals surface area contributed by atoms with E-state index in [9.17, 15) is 0 Å². The van der Waals surface area contributed by atoms with Crippen molar-refractivity contribution in [3.8, 4) is 0 Å². The lowest BCUT2D eigenvalue weighted by molar-refractivity contribution is 0.557. The van der Waals surface area contributed by atoms with Gasteiger partial charge in [0.15, 0.2) is 0 Å². The molecular formula is C11H14Br2S. The van der Waals surface area contributed by atoms with E-state index < -0.39 is 0 Å². The minimum absolute atomic E-state index is 0.533. The molecule has 14 heavy (non-hydrogen) atoms. The van der Waals surface area contributed by atoms with Crippen LogP contribution in [0.25, 0.3) is 0 Å². The highest BCUT2D eigenvalue weighted by Crippen LogP contribution is 2.61. The number of alkyl halides is 1. The molecule has 0 aromatic carbocycles. The second-order valence-corrected chi connectivity index (χ2v) is 7.90. The lowest BCUT2D eigenvalue weighted by Crippen LogP contribution is -1.97. The SMILES string of the molecule is Cc1cc(Br)c(C(Br)C2CC2(C)C)s1. The van der Waals surface area contributed by atoms with Gasteiger partial charge in [0.25, 0.3) is 0 Å². The number of thiophene rings is 1. The Kier molecular flexibility index (Phi) is 2.87. The minimum Gasteiger partial charge on any atom is -0.143 e. The molecule has 2 atom stereocenters. The zero-order valence-electron chi connectivity index (χ0n) is 8.60. The number of halogens is 2. The minimum atomic E-state index is 0.533.